The molecule has 1 heterocycles. The smallest absolute Gasteiger partial charge is 0.0407 e. The van der Waals surface area contributed by atoms with Gasteiger partial charge in [0, 0.05) is 5.88 Å². The third-order valence-corrected chi connectivity index (χ3v) is 1.82. The van der Waals surface area contributed by atoms with Crippen LogP contribution < -0.4 is 0 Å². The first kappa shape index (κ1) is 6.84. The van der Waals surface area contributed by atoms with Gasteiger partial charge in [0.25, 0.3) is 0 Å². The largest absolute Gasteiger partial charge is 0.152 e. The van der Waals surface area contributed by atoms with Gasteiger partial charge in [0.05, 0.1) is 0 Å². The van der Waals surface area contributed by atoms with E-state index in [0.717, 1.165) is 0 Å². The van der Waals surface area contributed by atoms with E-state index in [1.54, 1.807) is 11.3 Å². The molecule has 0 aliphatic rings. The standard InChI is InChI=1S/C7H7ClS/c8-4-1-2-7-3-5-9-6-7/h1-3,5-6H,4H2/b2-1+. The van der Waals surface area contributed by atoms with Crippen molar-refractivity contribution in [2.45, 2.75) is 0 Å². The molecule has 1 aromatic heterocycles. The van der Waals surface area contributed by atoms with E-state index in [1.165, 1.54) is 5.56 Å². The summed E-state index contributed by atoms with van der Waals surface area (Å²) in [7, 11) is 0. The van der Waals surface area contributed by atoms with Gasteiger partial charge in [-0.15, -0.1) is 11.6 Å². The Kier molecular flexibility index (Phi) is 2.81. The Hall–Kier alpha value is -0.270. The zero-order valence-corrected chi connectivity index (χ0v) is 6.45. The minimum atomic E-state index is 0.593. The Morgan fingerprint density at radius 3 is 3.11 bits per heavy atom. The third-order valence-electron chi connectivity index (χ3n) is 0.943. The van der Waals surface area contributed by atoms with Crippen LogP contribution in [0.5, 0.6) is 0 Å². The molecular weight excluding hydrogens is 152 g/mol. The Bertz CT molecular complexity index is 177. The maximum atomic E-state index is 5.44. The van der Waals surface area contributed by atoms with Crippen molar-refractivity contribution in [3.05, 3.63) is 28.5 Å². The van der Waals surface area contributed by atoms with Gasteiger partial charge in [-0.2, -0.15) is 11.3 Å². The average Bonchev–Trinajstić information content (AvgIpc) is 2.34. The molecule has 0 fully saturated rings. The van der Waals surface area contributed by atoms with Crippen molar-refractivity contribution < 1.29 is 0 Å². The van der Waals surface area contributed by atoms with Crippen LogP contribution in [0, 0.1) is 0 Å². The predicted molar refractivity (Wildman–Crippen MR) is 44.1 cm³/mol. The molecule has 0 N–H and O–H groups in total. The fraction of sp³-hybridized carbons (Fsp3) is 0.143. The monoisotopic (exact) mass is 158 g/mol. The summed E-state index contributed by atoms with van der Waals surface area (Å²) in [6.07, 6.45) is 3.95. The fourth-order valence-corrected chi connectivity index (χ4v) is 1.27. The van der Waals surface area contributed by atoms with Gasteiger partial charge in [0.2, 0.25) is 0 Å². The third kappa shape index (κ3) is 2.20. The summed E-state index contributed by atoms with van der Waals surface area (Å²) >= 11 is 7.13. The highest BCUT2D eigenvalue weighted by Crippen LogP contribution is 2.07. The van der Waals surface area contributed by atoms with Gasteiger partial charge in [-0.05, 0) is 22.4 Å². The van der Waals surface area contributed by atoms with Crippen molar-refractivity contribution in [3.63, 3.8) is 0 Å². The molecule has 0 bridgehead atoms. The van der Waals surface area contributed by atoms with E-state index in [2.05, 4.69) is 11.4 Å². The van der Waals surface area contributed by atoms with Gasteiger partial charge < -0.3 is 0 Å². The Balaban J connectivity index is 2.57. The number of rotatable bonds is 2. The van der Waals surface area contributed by atoms with Crippen molar-refractivity contribution >= 4 is 29.0 Å². The lowest BCUT2D eigenvalue weighted by molar-refractivity contribution is 1.76. The molecule has 0 amide bonds. The summed E-state index contributed by atoms with van der Waals surface area (Å²) in [5.74, 6) is 0.593. The second-order valence-electron chi connectivity index (χ2n) is 1.61. The molecule has 0 unspecified atom stereocenters. The SMILES string of the molecule is ClC/C=C/c1ccsc1. The molecule has 0 aromatic carbocycles. The summed E-state index contributed by atoms with van der Waals surface area (Å²) < 4.78 is 0. The van der Waals surface area contributed by atoms with Crippen LogP contribution in [-0.2, 0) is 0 Å². The highest BCUT2D eigenvalue weighted by Gasteiger charge is 1.81. The van der Waals surface area contributed by atoms with Crippen LogP contribution in [-0.4, -0.2) is 5.88 Å². The molecule has 0 radical (unpaired) electrons. The van der Waals surface area contributed by atoms with E-state index in [4.69, 9.17) is 11.6 Å². The summed E-state index contributed by atoms with van der Waals surface area (Å²) in [5, 5.41) is 4.14. The van der Waals surface area contributed by atoms with E-state index in [0.29, 0.717) is 5.88 Å². The number of halogens is 1. The molecule has 2 heteroatoms. The molecule has 1 rings (SSSR count). The van der Waals surface area contributed by atoms with Crippen LogP contribution in [0.15, 0.2) is 22.9 Å². The number of hydrogen-bond acceptors (Lipinski definition) is 1. The van der Waals surface area contributed by atoms with Crippen LogP contribution in [0.25, 0.3) is 6.08 Å². The zero-order chi connectivity index (χ0) is 6.53. The van der Waals surface area contributed by atoms with Crippen LogP contribution in [0.4, 0.5) is 0 Å². The van der Waals surface area contributed by atoms with Crippen LogP contribution in [0.1, 0.15) is 5.56 Å². The van der Waals surface area contributed by atoms with Crippen molar-refractivity contribution in [1.82, 2.24) is 0 Å². The highest BCUT2D eigenvalue weighted by molar-refractivity contribution is 7.08. The molecule has 0 saturated carbocycles. The van der Waals surface area contributed by atoms with Gasteiger partial charge in [-0.25, -0.2) is 0 Å². The topological polar surface area (TPSA) is 0 Å². The number of allylic oxidation sites excluding steroid dienone is 1. The lowest BCUT2D eigenvalue weighted by atomic mass is 10.3. The minimum absolute atomic E-state index is 0.593. The first-order chi connectivity index (χ1) is 4.43. The molecule has 0 aliphatic heterocycles. The van der Waals surface area contributed by atoms with E-state index in [-0.39, 0.29) is 0 Å². The van der Waals surface area contributed by atoms with E-state index >= 15 is 0 Å². The van der Waals surface area contributed by atoms with Crippen LogP contribution >= 0.6 is 22.9 Å². The normalized spacial score (nSPS) is 10.8. The number of alkyl halides is 1. The van der Waals surface area contributed by atoms with Crippen molar-refractivity contribution in [2.75, 3.05) is 5.88 Å². The van der Waals surface area contributed by atoms with Crippen LogP contribution in [0.3, 0.4) is 0 Å². The van der Waals surface area contributed by atoms with E-state index in [9.17, 15) is 0 Å². The van der Waals surface area contributed by atoms with Crippen molar-refractivity contribution in [3.8, 4) is 0 Å². The first-order valence-corrected chi connectivity index (χ1v) is 4.16. The first-order valence-electron chi connectivity index (χ1n) is 2.68. The van der Waals surface area contributed by atoms with Gasteiger partial charge in [-0.3, -0.25) is 0 Å². The quantitative estimate of drug-likeness (QED) is 0.581. The maximum absolute atomic E-state index is 5.44. The average molecular weight is 159 g/mol. The minimum Gasteiger partial charge on any atom is -0.152 e. The van der Waals surface area contributed by atoms with Gasteiger partial charge in [-0.1, -0.05) is 12.2 Å². The van der Waals surface area contributed by atoms with Gasteiger partial charge in [0.15, 0.2) is 0 Å². The van der Waals surface area contributed by atoms with E-state index in [1.807, 2.05) is 17.5 Å². The molecule has 0 aliphatic carbocycles. The van der Waals surface area contributed by atoms with Crippen LogP contribution in [0.2, 0.25) is 0 Å². The van der Waals surface area contributed by atoms with E-state index < -0.39 is 0 Å². The lowest BCUT2D eigenvalue weighted by Crippen LogP contribution is -1.60. The number of hydrogen-bond donors (Lipinski definition) is 0. The Morgan fingerprint density at radius 2 is 2.56 bits per heavy atom. The second-order valence-corrected chi connectivity index (χ2v) is 2.70. The fourth-order valence-electron chi connectivity index (χ4n) is 0.550. The predicted octanol–water partition coefficient (Wildman–Crippen LogP) is 3.00. The molecule has 0 nitrogen and oxygen atoms in total. The molecule has 1 aromatic rings. The van der Waals surface area contributed by atoms with Crippen molar-refractivity contribution in [2.24, 2.45) is 0 Å². The Morgan fingerprint density at radius 1 is 1.67 bits per heavy atom. The summed E-state index contributed by atoms with van der Waals surface area (Å²) in [4.78, 5) is 0. The zero-order valence-electron chi connectivity index (χ0n) is 4.88. The maximum Gasteiger partial charge on any atom is 0.0407 e. The second kappa shape index (κ2) is 3.70. The van der Waals surface area contributed by atoms with Gasteiger partial charge >= 0.3 is 0 Å². The molecule has 0 saturated heterocycles. The molecule has 48 valence electrons. The molecule has 9 heavy (non-hydrogen) atoms. The number of thiophene rings is 1. The lowest BCUT2D eigenvalue weighted by Gasteiger charge is -1.78. The summed E-state index contributed by atoms with van der Waals surface area (Å²) in [6.45, 7) is 0. The molecule has 0 spiro atoms. The molecule has 0 atom stereocenters. The van der Waals surface area contributed by atoms with Crippen molar-refractivity contribution in [1.29, 1.82) is 0 Å². The van der Waals surface area contributed by atoms with Gasteiger partial charge in [0.1, 0.15) is 0 Å². The molecular formula is C7H7ClS. The summed E-state index contributed by atoms with van der Waals surface area (Å²) in [5.41, 5.74) is 1.24. The highest BCUT2D eigenvalue weighted by atomic mass is 35.5. The summed E-state index contributed by atoms with van der Waals surface area (Å²) in [6, 6.07) is 2.06. The Labute approximate surface area is 63.8 Å².